The van der Waals surface area contributed by atoms with E-state index in [0.717, 1.165) is 25.7 Å². The van der Waals surface area contributed by atoms with Crippen LogP contribution in [-0.2, 0) is 52.5 Å². The predicted molar refractivity (Wildman–Crippen MR) is 451 cm³/mol. The number of oxazole rings is 2. The average molecular weight is 1750 g/mol. The van der Waals surface area contributed by atoms with Crippen molar-refractivity contribution < 1.29 is 125 Å². The van der Waals surface area contributed by atoms with Gasteiger partial charge in [-0.3, -0.25) is 19.2 Å². The van der Waals surface area contributed by atoms with Crippen LogP contribution in [0.15, 0.2) is 57.8 Å². The third-order valence-corrected chi connectivity index (χ3v) is 24.7. The number of carbonyl (C=O) groups is 8. The van der Waals surface area contributed by atoms with Crippen LogP contribution in [0.4, 0.5) is 21.6 Å². The molecule has 34 nitrogen and oxygen atoms in total. The number of hydrogen-bond acceptors (Lipinski definition) is 26. The molecule has 123 heavy (non-hydrogen) atoms. The van der Waals surface area contributed by atoms with Gasteiger partial charge in [-0.25, -0.2) is 29.1 Å². The largest absolute Gasteiger partial charge is 1.00 e. The molecule has 6 amide bonds. The maximum absolute atomic E-state index is 14.8. The molecule has 6 aliphatic carbocycles. The number of ether oxygens (including phenoxy) is 9. The summed E-state index contributed by atoms with van der Waals surface area (Å²) in [4.78, 5) is 132. The Balaban J connectivity index is 0.000000270. The summed E-state index contributed by atoms with van der Waals surface area (Å²) in [6, 6.07) is 6.77. The number of nitrogens with zero attached hydrogens (tertiary/aromatic N) is 6. The Morgan fingerprint density at radius 3 is 1.27 bits per heavy atom. The Morgan fingerprint density at radius 1 is 0.545 bits per heavy atom. The number of halogens is 2. The van der Waals surface area contributed by atoms with Crippen molar-refractivity contribution in [2.75, 3.05) is 71.5 Å². The van der Waals surface area contributed by atoms with Crippen LogP contribution in [0.3, 0.4) is 0 Å². The zero-order valence-corrected chi connectivity index (χ0v) is 73.7. The molecule has 14 rings (SSSR count). The van der Waals surface area contributed by atoms with Gasteiger partial charge < -0.3 is 109 Å². The molecule has 2 aliphatic heterocycles. The number of carboxylic acid groups (broad SMARTS) is 1. The van der Waals surface area contributed by atoms with Crippen molar-refractivity contribution in [2.24, 2.45) is 46.3 Å². The maximum Gasteiger partial charge on any atom is 1.00 e. The molecule has 6 heterocycles. The summed E-state index contributed by atoms with van der Waals surface area (Å²) in [5.41, 5.74) is -1.89. The molecular formula is C86H119Cl2LiN12O22. The summed E-state index contributed by atoms with van der Waals surface area (Å²) in [6.45, 7) is 23.8. The Bertz CT molecular complexity index is 4770. The number of esters is 1. The van der Waals surface area contributed by atoms with E-state index in [2.05, 4.69) is 41.9 Å². The number of alkyl carbamates (subject to hydrolysis) is 2. The minimum absolute atomic E-state index is 0. The van der Waals surface area contributed by atoms with E-state index in [4.69, 9.17) is 84.6 Å². The van der Waals surface area contributed by atoms with E-state index in [1.807, 2.05) is 83.1 Å². The van der Waals surface area contributed by atoms with E-state index < -0.39 is 106 Å². The zero-order chi connectivity index (χ0) is 85.5. The van der Waals surface area contributed by atoms with Crippen molar-refractivity contribution in [1.82, 2.24) is 51.0 Å². The first-order chi connectivity index (χ1) is 56.5. The van der Waals surface area contributed by atoms with Crippen LogP contribution in [-0.4, -0.2) is 226 Å². The summed E-state index contributed by atoms with van der Waals surface area (Å²) < 4.78 is 63.6. The fourth-order valence-electron chi connectivity index (χ4n) is 17.2. The van der Waals surface area contributed by atoms with Gasteiger partial charge in [-0.1, -0.05) is 98.9 Å². The number of methoxy groups -OCH3 is 3. The molecule has 6 saturated carbocycles. The number of carboxylic acids is 1. The van der Waals surface area contributed by atoms with Crippen LogP contribution in [0, 0.1) is 46.3 Å². The fraction of sp³-hybridized carbons (Fsp3) is 0.628. The van der Waals surface area contributed by atoms with E-state index in [1.54, 1.807) is 50.6 Å². The van der Waals surface area contributed by atoms with Gasteiger partial charge in [0.1, 0.15) is 130 Å². The van der Waals surface area contributed by atoms with Gasteiger partial charge in [0.15, 0.2) is 0 Å². The minimum Gasteiger partial charge on any atom is -0.870 e. The second-order valence-electron chi connectivity index (χ2n) is 35.6. The SMILES string of the molecule is C.CC[C@@H]1C[C@]1(NC(=O)[C@@H]1C[C@@H](Oc2cc(-c3coc(NC(C)C)n3)nc3c(Cl)c(OCCOC)ccc23)CN1C(=O)[C@@H](NC(=O)OC1C[C@@H]2C[C@@H]2C1)C(C)(C)C)C(=O)O.CC[C@@H]1C[C@]1(NC(=O)[C@@H]1C[C@@H](Oc2cc(-c3coc(NC(C)C)n3)nc3c(Cl)c(OCCOC)ccc23)CN1C(=O)[C@@H](NC(=O)OC1C[C@@H]2C[C@@H]2C1)C(C)(C)C)C(=O)OC.O.[Li+].[OH-]. The van der Waals surface area contributed by atoms with Crippen molar-refractivity contribution in [3.63, 3.8) is 0 Å². The number of benzene rings is 2. The number of aliphatic carboxylic acids is 1. The average Bonchev–Trinajstić information content (AvgIpc) is 1.47. The molecule has 2 saturated heterocycles. The summed E-state index contributed by atoms with van der Waals surface area (Å²) in [7, 11) is 4.44. The van der Waals surface area contributed by atoms with Crippen LogP contribution in [0.2, 0.25) is 10.0 Å². The number of pyridine rings is 2. The molecule has 8 aliphatic rings. The molecule has 8 fully saturated rings. The molecule has 4 aromatic heterocycles. The normalized spacial score (nSPS) is 25.3. The van der Waals surface area contributed by atoms with Crippen LogP contribution in [0.1, 0.15) is 168 Å². The van der Waals surface area contributed by atoms with Crippen molar-refractivity contribution in [3.05, 3.63) is 59.0 Å². The first kappa shape index (κ1) is 97.7. The van der Waals surface area contributed by atoms with Gasteiger partial charge in [-0.05, 0) is 150 Å². The van der Waals surface area contributed by atoms with Crippen LogP contribution < -0.4 is 69.7 Å². The molecule has 37 heteroatoms. The van der Waals surface area contributed by atoms with Gasteiger partial charge in [0.05, 0.1) is 55.8 Å². The summed E-state index contributed by atoms with van der Waals surface area (Å²) >= 11 is 13.9. The number of aromatic nitrogens is 4. The summed E-state index contributed by atoms with van der Waals surface area (Å²) in [5.74, 6) is -0.285. The third-order valence-electron chi connectivity index (χ3n) is 23.9. The third kappa shape index (κ3) is 22.0. The Labute approximate surface area is 738 Å². The number of carbonyl (C=O) groups excluding carboxylic acids is 7. The quantitative estimate of drug-likeness (QED) is 0.00897. The van der Waals surface area contributed by atoms with E-state index in [0.29, 0.717) is 136 Å². The van der Waals surface area contributed by atoms with Gasteiger partial charge in [0, 0.05) is 62.1 Å². The number of amides is 6. The van der Waals surface area contributed by atoms with Crippen LogP contribution >= 0.6 is 23.2 Å². The van der Waals surface area contributed by atoms with E-state index in [9.17, 15) is 43.5 Å². The smallest absolute Gasteiger partial charge is 0.870 e. The van der Waals surface area contributed by atoms with Crippen molar-refractivity contribution >= 4 is 105 Å². The number of nitrogens with one attached hydrogen (secondary N) is 6. The van der Waals surface area contributed by atoms with E-state index >= 15 is 0 Å². The van der Waals surface area contributed by atoms with Crippen molar-refractivity contribution in [2.45, 2.75) is 239 Å². The molecule has 0 radical (unpaired) electrons. The molecule has 6 aromatic rings. The molecular weight excluding hydrogens is 1630 g/mol. The van der Waals surface area contributed by atoms with Crippen molar-refractivity contribution in [1.29, 1.82) is 0 Å². The monoisotopic (exact) mass is 1750 g/mol. The Hall–Kier alpha value is -9.14. The molecule has 16 atom stereocenters. The van der Waals surface area contributed by atoms with Crippen molar-refractivity contribution in [3.8, 4) is 45.8 Å². The zero-order valence-electron chi connectivity index (χ0n) is 72.2. The number of fused-ring (bicyclic) bond motifs is 4. The molecule has 0 spiro atoms. The molecule has 0 bridgehead atoms. The Kier molecular flexibility index (Phi) is 31.8. The first-order valence-electron chi connectivity index (χ1n) is 41.3. The number of anilines is 2. The van der Waals surface area contributed by atoms with Gasteiger partial charge in [0.2, 0.25) is 23.6 Å². The summed E-state index contributed by atoms with van der Waals surface area (Å²) in [5, 5.41) is 29.4. The maximum atomic E-state index is 14.8. The van der Waals surface area contributed by atoms with Crippen LogP contribution in [0.25, 0.3) is 44.6 Å². The second kappa shape index (κ2) is 40.0. The van der Waals surface area contributed by atoms with Gasteiger partial charge in [-0.2, -0.15) is 9.97 Å². The van der Waals surface area contributed by atoms with Gasteiger partial charge in [0.25, 0.3) is 12.0 Å². The van der Waals surface area contributed by atoms with E-state index in [-0.39, 0.29) is 129 Å². The summed E-state index contributed by atoms with van der Waals surface area (Å²) in [6.07, 6.45) is 7.31. The number of rotatable bonds is 32. The van der Waals surface area contributed by atoms with Gasteiger partial charge in [-0.15, -0.1) is 0 Å². The standard InChI is InChI=1S/C43H57ClN6O10.C42H55ClN6O10.CH4.Li.2H2O/c1-9-25-19-43(25,39(53)56-8)49-37(51)31-17-27(20-50(31)38(52)36(42(4,5)6)48-41(54)60-26-15-23-14-24(23)16-26)59-33-18-29(30-21-58-40(47-30)45-22(2)3)46-35-28(33)10-11-32(34(35)44)57-13-12-55-7;1-8-24-18-42(24,38(52)53)48-36(50)30-16-26(19-49(30)37(51)35(41(4,5)6)47-40(54)59-25-14-22-13-23(22)15-25)58-32-17-28(29-20-57-39(46-29)44-21(2)3)45-34-27(32)9-10-31(33(34)43)56-12-11-55-7;;;;/h10-11,18,21-27,31,36H,9,12-17,19-20H2,1-8H3,(H,45,47)(H,48,54)(H,49,51);9-10,17,20-26,30,35H,8,11-16,18-19H2,1-7H3,(H,44,46)(H,47,54)(H,48,50)(H,52,53);1H4;;2*1H2/q;;;+1;;/p-1/t23-,24+,25-,26?,27-,31+,36-,43-;22-,23+,24-,25?,26-,30+,35-,42-;;;;/m11..../s1. The topological polar surface area (TPSA) is 458 Å². The molecule has 2 aromatic carbocycles. The molecule has 2 unspecified atom stereocenters. The number of likely N-dealkylation sites (tertiary alicyclic amines) is 2. The number of hydrogen-bond donors (Lipinski definition) is 7. The van der Waals surface area contributed by atoms with Gasteiger partial charge >= 0.3 is 43.0 Å². The first-order valence-corrected chi connectivity index (χ1v) is 42.1. The minimum atomic E-state index is -1.43. The second-order valence-corrected chi connectivity index (χ2v) is 36.4. The Morgan fingerprint density at radius 2 is 0.927 bits per heavy atom. The molecule has 670 valence electrons. The van der Waals surface area contributed by atoms with E-state index in [1.165, 1.54) is 42.3 Å². The van der Waals surface area contributed by atoms with Crippen LogP contribution in [0.5, 0.6) is 23.0 Å². The molecule has 10 N–H and O–H groups in total. The predicted octanol–water partition coefficient (Wildman–Crippen LogP) is 8.82. The fourth-order valence-corrected chi connectivity index (χ4v) is 17.7.